The highest BCUT2D eigenvalue weighted by atomic mass is 16.5. The molecule has 0 spiro atoms. The lowest BCUT2D eigenvalue weighted by Crippen LogP contribution is -1.85. The first-order chi connectivity index (χ1) is 8.88. The van der Waals surface area contributed by atoms with Crippen LogP contribution >= 0.6 is 0 Å². The van der Waals surface area contributed by atoms with Gasteiger partial charge in [0.05, 0.1) is 6.54 Å². The Morgan fingerprint density at radius 3 is 2.22 bits per heavy atom. The van der Waals surface area contributed by atoms with Crippen molar-refractivity contribution in [3.8, 4) is 11.5 Å². The average Bonchev–Trinajstić information content (AvgIpc) is 2.42. The maximum Gasteiger partial charge on any atom is 0.127 e. The molecule has 0 saturated carbocycles. The van der Waals surface area contributed by atoms with E-state index in [0.29, 0.717) is 6.54 Å². The van der Waals surface area contributed by atoms with Gasteiger partial charge >= 0.3 is 0 Å². The van der Waals surface area contributed by atoms with Crippen LogP contribution in [0.3, 0.4) is 0 Å². The summed E-state index contributed by atoms with van der Waals surface area (Å²) in [5.41, 5.74) is 7.46. The summed E-state index contributed by atoms with van der Waals surface area (Å²) in [4.78, 5) is 0. The zero-order valence-corrected chi connectivity index (χ0v) is 9.65. The van der Waals surface area contributed by atoms with E-state index in [-0.39, 0.29) is 0 Å². The van der Waals surface area contributed by atoms with Crippen LogP contribution in [0.2, 0.25) is 0 Å². The van der Waals surface area contributed by atoms with Gasteiger partial charge in [-0.25, -0.2) is 0 Å². The Morgan fingerprint density at radius 1 is 0.889 bits per heavy atom. The van der Waals surface area contributed by atoms with Gasteiger partial charge < -0.3 is 4.74 Å². The Balaban J connectivity index is 1.99. The topological polar surface area (TPSA) is 70.2 Å². The molecule has 5 nitrogen and oxygen atoms in total. The van der Waals surface area contributed by atoms with Gasteiger partial charge in [0.1, 0.15) is 11.5 Å². The standard InChI is InChI=1S/C13H12N4O/c14-16-17-15-10-11-6-8-13(9-7-11)18-12-4-2-1-3-5-12/h1-9,14H,10H2. The smallest absolute Gasteiger partial charge is 0.127 e. The van der Waals surface area contributed by atoms with Crippen LogP contribution in [0.5, 0.6) is 11.5 Å². The lowest BCUT2D eigenvalue weighted by molar-refractivity contribution is 0.482. The van der Waals surface area contributed by atoms with Gasteiger partial charge in [0, 0.05) is 0 Å². The zero-order chi connectivity index (χ0) is 12.6. The van der Waals surface area contributed by atoms with Crippen molar-refractivity contribution in [2.24, 2.45) is 15.6 Å². The molecule has 5 heteroatoms. The molecule has 0 radical (unpaired) electrons. The van der Waals surface area contributed by atoms with Gasteiger partial charge in [-0.1, -0.05) is 30.3 Å². The third-order valence-electron chi connectivity index (χ3n) is 2.26. The molecule has 0 saturated heterocycles. The minimum absolute atomic E-state index is 0.411. The summed E-state index contributed by atoms with van der Waals surface area (Å²) in [6.07, 6.45) is 0. The van der Waals surface area contributed by atoms with Crippen molar-refractivity contribution in [3.63, 3.8) is 0 Å². The van der Waals surface area contributed by atoms with Crippen molar-refractivity contribution in [1.29, 1.82) is 5.53 Å². The Kier molecular flexibility index (Phi) is 4.13. The van der Waals surface area contributed by atoms with E-state index < -0.39 is 0 Å². The second-order valence-corrected chi connectivity index (χ2v) is 3.55. The highest BCUT2D eigenvalue weighted by Gasteiger charge is 1.97. The normalized spacial score (nSPS) is 10.4. The van der Waals surface area contributed by atoms with Crippen LogP contribution in [0.15, 0.2) is 70.2 Å². The first kappa shape index (κ1) is 11.9. The van der Waals surface area contributed by atoms with E-state index in [9.17, 15) is 0 Å². The summed E-state index contributed by atoms with van der Waals surface area (Å²) in [6.45, 7) is 0.411. The zero-order valence-electron chi connectivity index (χ0n) is 9.65. The van der Waals surface area contributed by atoms with E-state index in [4.69, 9.17) is 10.3 Å². The van der Waals surface area contributed by atoms with Crippen LogP contribution in [0.4, 0.5) is 0 Å². The fourth-order valence-corrected chi connectivity index (χ4v) is 1.43. The number of ether oxygens (including phenoxy) is 1. The lowest BCUT2D eigenvalue weighted by Gasteiger charge is -2.05. The lowest BCUT2D eigenvalue weighted by atomic mass is 10.2. The van der Waals surface area contributed by atoms with Crippen LogP contribution < -0.4 is 4.74 Å². The molecule has 0 aliphatic rings. The predicted molar refractivity (Wildman–Crippen MR) is 66.7 cm³/mol. The molecule has 0 fully saturated rings. The maximum absolute atomic E-state index is 6.47. The Bertz CT molecular complexity index is 522. The number of nitrogens with one attached hydrogen (secondary N) is 1. The largest absolute Gasteiger partial charge is 0.457 e. The minimum atomic E-state index is 0.411. The second kappa shape index (κ2) is 6.24. The van der Waals surface area contributed by atoms with Gasteiger partial charge in [-0.3, -0.25) is 0 Å². The number of hydrogen-bond donors (Lipinski definition) is 1. The molecule has 0 heterocycles. The van der Waals surface area contributed by atoms with Crippen molar-refractivity contribution < 1.29 is 4.74 Å². The van der Waals surface area contributed by atoms with E-state index in [0.717, 1.165) is 17.1 Å². The third-order valence-corrected chi connectivity index (χ3v) is 2.26. The van der Waals surface area contributed by atoms with Gasteiger partial charge in [-0.2, -0.15) is 10.6 Å². The van der Waals surface area contributed by atoms with Crippen molar-refractivity contribution in [2.75, 3.05) is 0 Å². The maximum atomic E-state index is 6.47. The first-order valence-corrected chi connectivity index (χ1v) is 5.43. The molecule has 18 heavy (non-hydrogen) atoms. The predicted octanol–water partition coefficient (Wildman–Crippen LogP) is 4.38. The first-order valence-electron chi connectivity index (χ1n) is 5.43. The summed E-state index contributed by atoms with van der Waals surface area (Å²) in [7, 11) is 0. The molecule has 0 atom stereocenters. The highest BCUT2D eigenvalue weighted by Crippen LogP contribution is 2.21. The van der Waals surface area contributed by atoms with Crippen LogP contribution in [-0.2, 0) is 6.54 Å². The molecule has 0 unspecified atom stereocenters. The van der Waals surface area contributed by atoms with Gasteiger partial charge in [0.25, 0.3) is 0 Å². The molecule has 2 aromatic carbocycles. The highest BCUT2D eigenvalue weighted by molar-refractivity contribution is 5.32. The molecule has 0 aliphatic carbocycles. The molecule has 90 valence electrons. The fourth-order valence-electron chi connectivity index (χ4n) is 1.43. The molecule has 0 aromatic heterocycles. The van der Waals surface area contributed by atoms with E-state index in [1.807, 2.05) is 54.6 Å². The molecule has 1 N–H and O–H groups in total. The molecule has 0 aliphatic heterocycles. The Labute approximate surface area is 105 Å². The molecule has 0 bridgehead atoms. The van der Waals surface area contributed by atoms with Gasteiger partial charge in [-0.15, -0.1) is 0 Å². The summed E-state index contributed by atoms with van der Waals surface area (Å²) < 4.78 is 5.66. The van der Waals surface area contributed by atoms with Crippen LogP contribution in [0.25, 0.3) is 0 Å². The van der Waals surface area contributed by atoms with Crippen LogP contribution in [0, 0.1) is 5.53 Å². The van der Waals surface area contributed by atoms with Crippen molar-refractivity contribution in [3.05, 3.63) is 60.2 Å². The number of hydrogen-bond acceptors (Lipinski definition) is 3. The van der Waals surface area contributed by atoms with E-state index in [1.54, 1.807) is 0 Å². The molecular formula is C13H12N4O. The number of rotatable bonds is 5. The minimum Gasteiger partial charge on any atom is -0.457 e. The summed E-state index contributed by atoms with van der Waals surface area (Å²) in [5, 5.41) is 9.75. The molecular weight excluding hydrogens is 228 g/mol. The van der Waals surface area contributed by atoms with E-state index in [2.05, 4.69) is 15.6 Å². The van der Waals surface area contributed by atoms with E-state index >= 15 is 0 Å². The van der Waals surface area contributed by atoms with Gasteiger partial charge in [-0.05, 0) is 40.3 Å². The van der Waals surface area contributed by atoms with Crippen molar-refractivity contribution in [1.82, 2.24) is 0 Å². The molecule has 2 rings (SSSR count). The number of para-hydroxylation sites is 1. The molecule has 2 aromatic rings. The van der Waals surface area contributed by atoms with Gasteiger partial charge in [0.2, 0.25) is 0 Å². The number of nitrogens with zero attached hydrogens (tertiary/aromatic N) is 3. The summed E-state index contributed by atoms with van der Waals surface area (Å²) in [5.74, 6) is 1.57. The Morgan fingerprint density at radius 2 is 1.56 bits per heavy atom. The summed E-state index contributed by atoms with van der Waals surface area (Å²) in [6, 6.07) is 17.1. The number of benzene rings is 2. The Hall–Kier alpha value is -2.56. The monoisotopic (exact) mass is 240 g/mol. The van der Waals surface area contributed by atoms with Crippen LogP contribution in [0.1, 0.15) is 5.56 Å². The quantitative estimate of drug-likeness (QED) is 0.611. The molecule has 0 amide bonds. The van der Waals surface area contributed by atoms with Crippen molar-refractivity contribution >= 4 is 0 Å². The SMILES string of the molecule is N=NN=NCc1ccc(Oc2ccccc2)cc1. The second-order valence-electron chi connectivity index (χ2n) is 3.55. The average molecular weight is 240 g/mol. The van der Waals surface area contributed by atoms with Crippen molar-refractivity contribution in [2.45, 2.75) is 6.54 Å². The fraction of sp³-hybridized carbons (Fsp3) is 0.0769. The summed E-state index contributed by atoms with van der Waals surface area (Å²) >= 11 is 0. The van der Waals surface area contributed by atoms with E-state index in [1.165, 1.54) is 0 Å². The third kappa shape index (κ3) is 3.48. The van der Waals surface area contributed by atoms with Gasteiger partial charge in [0.15, 0.2) is 0 Å². The van der Waals surface area contributed by atoms with Crippen LogP contribution in [-0.4, -0.2) is 0 Å².